The van der Waals surface area contributed by atoms with Crippen LogP contribution in [0, 0.1) is 5.92 Å². The lowest BCUT2D eigenvalue weighted by atomic mass is 9.95. The summed E-state index contributed by atoms with van der Waals surface area (Å²) in [6.45, 7) is 6.00. The first kappa shape index (κ1) is 17.5. The molecule has 1 fully saturated rings. The Balaban J connectivity index is 1.75. The summed E-state index contributed by atoms with van der Waals surface area (Å²) in [5.74, 6) is 0.0963. The zero-order valence-electron chi connectivity index (χ0n) is 14.0. The van der Waals surface area contributed by atoms with Gasteiger partial charge in [-0.1, -0.05) is 30.3 Å². The molecule has 2 rings (SSSR count). The topological polar surface area (TPSA) is 58.6 Å². The van der Waals surface area contributed by atoms with Gasteiger partial charge in [-0.3, -0.25) is 9.59 Å². The van der Waals surface area contributed by atoms with Crippen LogP contribution in [0.2, 0.25) is 0 Å². The van der Waals surface area contributed by atoms with Crippen LogP contribution in [0.1, 0.15) is 32.3 Å². The molecule has 0 aromatic heterocycles. The average molecular weight is 318 g/mol. The number of hydrogen-bond acceptors (Lipinski definition) is 3. The Morgan fingerprint density at radius 2 is 1.91 bits per heavy atom. The highest BCUT2D eigenvalue weighted by atomic mass is 16.5. The minimum absolute atomic E-state index is 0.00911. The van der Waals surface area contributed by atoms with E-state index in [1.807, 2.05) is 37.3 Å². The predicted octanol–water partition coefficient (Wildman–Crippen LogP) is 1.97. The van der Waals surface area contributed by atoms with Gasteiger partial charge >= 0.3 is 0 Å². The molecule has 1 aliphatic rings. The second kappa shape index (κ2) is 8.67. The van der Waals surface area contributed by atoms with Gasteiger partial charge in [0.05, 0.1) is 0 Å². The zero-order chi connectivity index (χ0) is 16.7. The number of hydrogen-bond donors (Lipinski definition) is 1. The molecule has 1 aromatic carbocycles. The van der Waals surface area contributed by atoms with Gasteiger partial charge in [0, 0.05) is 32.2 Å². The maximum absolute atomic E-state index is 12.2. The van der Waals surface area contributed by atoms with Crippen LogP contribution in [0.3, 0.4) is 0 Å². The summed E-state index contributed by atoms with van der Waals surface area (Å²) in [7, 11) is 0. The first-order valence-corrected chi connectivity index (χ1v) is 8.33. The van der Waals surface area contributed by atoms with Crippen molar-refractivity contribution in [2.24, 2.45) is 5.92 Å². The standard InChI is InChI=1S/C18H26N2O3/c1-3-23-14(2)18(22)20-11-9-16(10-12-20)17(21)19-13-15-7-5-4-6-8-15/h4-8,14,16H,3,9-13H2,1-2H3,(H,19,21)/t14-/m1/s1. The van der Waals surface area contributed by atoms with Crippen molar-refractivity contribution in [3.05, 3.63) is 35.9 Å². The Bertz CT molecular complexity index is 510. The van der Waals surface area contributed by atoms with Crippen molar-refractivity contribution >= 4 is 11.8 Å². The lowest BCUT2D eigenvalue weighted by Crippen LogP contribution is -2.46. The summed E-state index contributed by atoms with van der Waals surface area (Å²) in [4.78, 5) is 26.2. The average Bonchev–Trinajstić information content (AvgIpc) is 2.60. The number of carbonyl (C=O) groups is 2. The molecule has 2 amide bonds. The molecule has 0 spiro atoms. The fourth-order valence-electron chi connectivity index (χ4n) is 2.87. The van der Waals surface area contributed by atoms with Crippen molar-refractivity contribution in [1.29, 1.82) is 0 Å². The molecule has 1 saturated heterocycles. The molecule has 23 heavy (non-hydrogen) atoms. The molecule has 1 N–H and O–H groups in total. The second-order valence-corrected chi connectivity index (χ2v) is 5.90. The van der Waals surface area contributed by atoms with E-state index in [1.54, 1.807) is 11.8 Å². The minimum atomic E-state index is -0.400. The highest BCUT2D eigenvalue weighted by Crippen LogP contribution is 2.18. The van der Waals surface area contributed by atoms with Crippen molar-refractivity contribution in [3.63, 3.8) is 0 Å². The first-order chi connectivity index (χ1) is 11.1. The maximum Gasteiger partial charge on any atom is 0.251 e. The van der Waals surface area contributed by atoms with E-state index < -0.39 is 6.10 Å². The smallest absolute Gasteiger partial charge is 0.251 e. The van der Waals surface area contributed by atoms with E-state index in [0.717, 1.165) is 5.56 Å². The molecule has 1 aromatic rings. The first-order valence-electron chi connectivity index (χ1n) is 8.33. The molecule has 5 nitrogen and oxygen atoms in total. The Morgan fingerprint density at radius 3 is 2.52 bits per heavy atom. The van der Waals surface area contributed by atoms with Crippen LogP contribution in [-0.2, 0) is 20.9 Å². The van der Waals surface area contributed by atoms with E-state index in [9.17, 15) is 9.59 Å². The lowest BCUT2D eigenvalue weighted by molar-refractivity contribution is -0.145. The van der Waals surface area contributed by atoms with Crippen LogP contribution in [0.5, 0.6) is 0 Å². The Kier molecular flexibility index (Phi) is 6.59. The van der Waals surface area contributed by atoms with E-state index in [4.69, 9.17) is 4.74 Å². The molecule has 1 heterocycles. The highest BCUT2D eigenvalue weighted by molar-refractivity contribution is 5.82. The van der Waals surface area contributed by atoms with Crippen molar-refractivity contribution in [2.75, 3.05) is 19.7 Å². The van der Waals surface area contributed by atoms with Gasteiger partial charge < -0.3 is 15.0 Å². The number of rotatable bonds is 6. The Morgan fingerprint density at radius 1 is 1.26 bits per heavy atom. The molecule has 5 heteroatoms. The normalized spacial score (nSPS) is 16.9. The zero-order valence-corrected chi connectivity index (χ0v) is 14.0. The predicted molar refractivity (Wildman–Crippen MR) is 88.7 cm³/mol. The molecule has 0 saturated carbocycles. The number of likely N-dealkylation sites (tertiary alicyclic amines) is 1. The third-order valence-corrected chi connectivity index (χ3v) is 4.25. The maximum atomic E-state index is 12.2. The van der Waals surface area contributed by atoms with Crippen LogP contribution in [0.25, 0.3) is 0 Å². The lowest BCUT2D eigenvalue weighted by Gasteiger charge is -2.32. The van der Waals surface area contributed by atoms with Gasteiger partial charge in [-0.05, 0) is 32.3 Å². The van der Waals surface area contributed by atoms with Gasteiger partial charge in [-0.15, -0.1) is 0 Å². The van der Waals surface area contributed by atoms with Crippen molar-refractivity contribution in [3.8, 4) is 0 Å². The number of ether oxygens (including phenoxy) is 1. The quantitative estimate of drug-likeness (QED) is 0.872. The molecule has 0 bridgehead atoms. The summed E-state index contributed by atoms with van der Waals surface area (Å²) in [6.07, 6.45) is 1.03. The van der Waals surface area contributed by atoms with E-state index >= 15 is 0 Å². The molecule has 1 atom stereocenters. The number of carbonyl (C=O) groups excluding carboxylic acids is 2. The van der Waals surface area contributed by atoms with Gasteiger partial charge in [0.25, 0.3) is 5.91 Å². The van der Waals surface area contributed by atoms with E-state index in [-0.39, 0.29) is 17.7 Å². The number of amides is 2. The summed E-state index contributed by atoms with van der Waals surface area (Å²) in [5, 5.41) is 2.99. The van der Waals surface area contributed by atoms with E-state index in [1.165, 1.54) is 0 Å². The molecule has 126 valence electrons. The van der Waals surface area contributed by atoms with Crippen molar-refractivity contribution < 1.29 is 14.3 Å². The van der Waals surface area contributed by atoms with E-state index in [0.29, 0.717) is 39.1 Å². The molecule has 0 aliphatic carbocycles. The minimum Gasteiger partial charge on any atom is -0.369 e. The fourth-order valence-corrected chi connectivity index (χ4v) is 2.87. The van der Waals surface area contributed by atoms with Crippen LogP contribution in [0.15, 0.2) is 30.3 Å². The largest absolute Gasteiger partial charge is 0.369 e. The van der Waals surface area contributed by atoms with Gasteiger partial charge in [0.1, 0.15) is 6.10 Å². The van der Waals surface area contributed by atoms with Crippen molar-refractivity contribution in [1.82, 2.24) is 10.2 Å². The monoisotopic (exact) mass is 318 g/mol. The summed E-state index contributed by atoms with van der Waals surface area (Å²) < 4.78 is 5.35. The fraction of sp³-hybridized carbons (Fsp3) is 0.556. The van der Waals surface area contributed by atoms with Crippen LogP contribution < -0.4 is 5.32 Å². The highest BCUT2D eigenvalue weighted by Gasteiger charge is 2.29. The van der Waals surface area contributed by atoms with E-state index in [2.05, 4.69) is 5.32 Å². The van der Waals surface area contributed by atoms with Gasteiger partial charge in [-0.25, -0.2) is 0 Å². The summed E-state index contributed by atoms with van der Waals surface area (Å²) in [6, 6.07) is 9.88. The summed E-state index contributed by atoms with van der Waals surface area (Å²) >= 11 is 0. The number of nitrogens with one attached hydrogen (secondary N) is 1. The second-order valence-electron chi connectivity index (χ2n) is 5.90. The summed E-state index contributed by atoms with van der Waals surface area (Å²) in [5.41, 5.74) is 1.10. The van der Waals surface area contributed by atoms with Crippen LogP contribution in [0.4, 0.5) is 0 Å². The van der Waals surface area contributed by atoms with Gasteiger partial charge in [0.2, 0.25) is 5.91 Å². The Labute approximate surface area is 138 Å². The van der Waals surface area contributed by atoms with Crippen LogP contribution in [-0.4, -0.2) is 42.5 Å². The third-order valence-electron chi connectivity index (χ3n) is 4.25. The van der Waals surface area contributed by atoms with Gasteiger partial charge in [-0.2, -0.15) is 0 Å². The Hall–Kier alpha value is -1.88. The van der Waals surface area contributed by atoms with Crippen LogP contribution >= 0.6 is 0 Å². The number of nitrogens with zero attached hydrogens (tertiary/aromatic N) is 1. The SMILES string of the molecule is CCO[C@H](C)C(=O)N1CCC(C(=O)NCc2ccccc2)CC1. The molecular formula is C18H26N2O3. The molecule has 1 aliphatic heterocycles. The molecule has 0 radical (unpaired) electrons. The number of piperidine rings is 1. The van der Waals surface area contributed by atoms with Crippen molar-refractivity contribution in [2.45, 2.75) is 39.3 Å². The number of benzene rings is 1. The molecular weight excluding hydrogens is 292 g/mol. The van der Waals surface area contributed by atoms with Gasteiger partial charge in [0.15, 0.2) is 0 Å². The molecule has 0 unspecified atom stereocenters. The third kappa shape index (κ3) is 5.06.